The number of carbonyl (C=O) groups excluding carboxylic acids is 2. The maximum atomic E-state index is 13.3. The highest BCUT2D eigenvalue weighted by atomic mass is 32.2. The quantitative estimate of drug-likeness (QED) is 0.0288. The van der Waals surface area contributed by atoms with Crippen LogP contribution in [0.15, 0.2) is 0 Å². The van der Waals surface area contributed by atoms with E-state index in [-0.39, 0.29) is 29.9 Å². The molecule has 0 saturated heterocycles. The van der Waals surface area contributed by atoms with E-state index in [1.54, 1.807) is 0 Å². The van der Waals surface area contributed by atoms with Crippen LogP contribution in [-0.4, -0.2) is 99.1 Å². The van der Waals surface area contributed by atoms with Crippen molar-refractivity contribution >= 4 is 22.1 Å². The van der Waals surface area contributed by atoms with Crippen LogP contribution >= 0.6 is 0 Å². The molecule has 334 valence electrons. The molecule has 0 bridgehead atoms. The van der Waals surface area contributed by atoms with E-state index in [1.807, 2.05) is 41.5 Å². The summed E-state index contributed by atoms with van der Waals surface area (Å²) in [5, 5.41) is 0. The molecular formula is C46H93N2O7S+. The molecule has 56 heavy (non-hydrogen) atoms. The number of rotatable bonds is 36. The zero-order valence-electron chi connectivity index (χ0n) is 38.6. The van der Waals surface area contributed by atoms with Gasteiger partial charge in [-0.1, -0.05) is 129 Å². The van der Waals surface area contributed by atoms with E-state index < -0.39 is 20.9 Å². The lowest BCUT2D eigenvalue weighted by molar-refractivity contribution is -0.890. The topological polar surface area (TPSA) is 110 Å². The highest BCUT2D eigenvalue weighted by molar-refractivity contribution is 7.85. The summed E-state index contributed by atoms with van der Waals surface area (Å²) in [7, 11) is 0.191. The Morgan fingerprint density at radius 2 is 0.875 bits per heavy atom. The Morgan fingerprint density at radius 3 is 1.20 bits per heavy atom. The summed E-state index contributed by atoms with van der Waals surface area (Å²) in [5.74, 6) is -0.611. The highest BCUT2D eigenvalue weighted by Crippen LogP contribution is 2.23. The second-order valence-electron chi connectivity index (χ2n) is 19.6. The van der Waals surface area contributed by atoms with Crippen LogP contribution in [0.3, 0.4) is 0 Å². The second-order valence-corrected chi connectivity index (χ2v) is 21.2. The molecule has 0 amide bonds. The molecule has 0 aliphatic heterocycles. The summed E-state index contributed by atoms with van der Waals surface area (Å²) in [6, 6.07) is 0. The Hall–Kier alpha value is -1.23. The standard InChI is InChI=1S/C46H92N2O7S/c1-11-13-15-17-19-21-23-25-27-29-33-41(54-43(49)45(3,4)5)39-47(35-31-36-48(9,10)37-32-38-56(51,52)53)40-42(55-44(50)46(6,7)8)34-30-28-26-24-22-20-18-16-14-12-2/h41-42H,11-40H2,1-10H3/p+1. The van der Waals surface area contributed by atoms with Crippen LogP contribution in [0.5, 0.6) is 0 Å². The lowest BCUT2D eigenvalue weighted by Crippen LogP contribution is -2.46. The van der Waals surface area contributed by atoms with E-state index >= 15 is 0 Å². The normalized spacial score (nSPS) is 13.9. The molecule has 0 heterocycles. The van der Waals surface area contributed by atoms with Crippen LogP contribution in [0.2, 0.25) is 0 Å². The Bertz CT molecular complexity index is 1040. The van der Waals surface area contributed by atoms with E-state index in [0.29, 0.717) is 30.5 Å². The third kappa shape index (κ3) is 32.7. The monoisotopic (exact) mass is 818 g/mol. The van der Waals surface area contributed by atoms with Crippen molar-refractivity contribution in [2.24, 2.45) is 10.8 Å². The largest absolute Gasteiger partial charge is 0.461 e. The van der Waals surface area contributed by atoms with Crippen LogP contribution in [-0.2, 0) is 29.2 Å². The molecule has 0 rings (SSSR count). The van der Waals surface area contributed by atoms with Gasteiger partial charge in [-0.2, -0.15) is 8.42 Å². The SMILES string of the molecule is CCCCCCCCCCCCC(CN(CCC[N+](C)(C)CCCS(=O)(=O)O)CC(CCCCCCCCCCCC)OC(=O)C(C)(C)C)OC(=O)C(C)(C)C. The maximum absolute atomic E-state index is 13.3. The Labute approximate surface area is 347 Å². The minimum absolute atomic E-state index is 0.188. The smallest absolute Gasteiger partial charge is 0.311 e. The summed E-state index contributed by atoms with van der Waals surface area (Å²) in [5.41, 5.74) is -1.21. The van der Waals surface area contributed by atoms with Gasteiger partial charge < -0.3 is 14.0 Å². The summed E-state index contributed by atoms with van der Waals surface area (Å²) >= 11 is 0. The van der Waals surface area contributed by atoms with E-state index in [2.05, 4.69) is 32.8 Å². The van der Waals surface area contributed by atoms with E-state index in [9.17, 15) is 22.6 Å². The van der Waals surface area contributed by atoms with Crippen LogP contribution in [0, 0.1) is 10.8 Å². The summed E-state index contributed by atoms with van der Waals surface area (Å²) in [6.07, 6.45) is 27.3. The molecule has 1 N–H and O–H groups in total. The Morgan fingerprint density at radius 1 is 0.554 bits per heavy atom. The molecule has 0 saturated carbocycles. The van der Waals surface area contributed by atoms with Crippen molar-refractivity contribution in [1.82, 2.24) is 4.90 Å². The Balaban J connectivity index is 5.85. The van der Waals surface area contributed by atoms with Gasteiger partial charge in [0.1, 0.15) is 12.2 Å². The first kappa shape index (κ1) is 54.8. The van der Waals surface area contributed by atoms with E-state index in [1.165, 1.54) is 103 Å². The van der Waals surface area contributed by atoms with Gasteiger partial charge >= 0.3 is 11.9 Å². The van der Waals surface area contributed by atoms with Crippen LogP contribution in [0.25, 0.3) is 0 Å². The molecule has 2 unspecified atom stereocenters. The molecule has 0 aliphatic carbocycles. The Kier molecular flexibility index (Phi) is 30.1. The van der Waals surface area contributed by atoms with Crippen molar-refractivity contribution in [3.05, 3.63) is 0 Å². The van der Waals surface area contributed by atoms with Crippen molar-refractivity contribution in [3.63, 3.8) is 0 Å². The molecule has 0 radical (unpaired) electrons. The van der Waals surface area contributed by atoms with Gasteiger partial charge in [0.05, 0.1) is 43.8 Å². The zero-order valence-corrected chi connectivity index (χ0v) is 39.4. The molecule has 2 atom stereocenters. The van der Waals surface area contributed by atoms with Gasteiger partial charge in [-0.05, 0) is 67.2 Å². The molecule has 0 aromatic carbocycles. The van der Waals surface area contributed by atoms with Crippen LogP contribution in [0.1, 0.15) is 209 Å². The fourth-order valence-electron chi connectivity index (χ4n) is 7.09. The minimum Gasteiger partial charge on any atom is -0.461 e. The lowest BCUT2D eigenvalue weighted by atomic mass is 9.97. The first-order valence-electron chi connectivity index (χ1n) is 23.1. The maximum Gasteiger partial charge on any atom is 0.311 e. The molecule has 9 nitrogen and oxygen atoms in total. The van der Waals surface area contributed by atoms with Gasteiger partial charge in [-0.3, -0.25) is 19.0 Å². The number of hydrogen-bond donors (Lipinski definition) is 1. The van der Waals surface area contributed by atoms with Gasteiger partial charge in [0.15, 0.2) is 0 Å². The molecule has 0 spiro atoms. The van der Waals surface area contributed by atoms with Gasteiger partial charge in [0, 0.05) is 32.5 Å². The van der Waals surface area contributed by atoms with Gasteiger partial charge in [-0.15, -0.1) is 0 Å². The number of quaternary nitrogens is 1. The number of esters is 2. The number of ether oxygens (including phenoxy) is 2. The van der Waals surface area contributed by atoms with Gasteiger partial charge in [0.2, 0.25) is 0 Å². The molecule has 0 aromatic heterocycles. The molecule has 0 aromatic rings. The first-order valence-corrected chi connectivity index (χ1v) is 24.7. The summed E-state index contributed by atoms with van der Waals surface area (Å²) in [4.78, 5) is 28.9. The molecular weight excluding hydrogens is 725 g/mol. The first-order chi connectivity index (χ1) is 26.2. The van der Waals surface area contributed by atoms with Crippen LogP contribution in [0.4, 0.5) is 0 Å². The fraction of sp³-hybridized carbons (Fsp3) is 0.957. The van der Waals surface area contributed by atoms with Crippen molar-refractivity contribution in [2.75, 3.05) is 52.6 Å². The fourth-order valence-corrected chi connectivity index (χ4v) is 7.59. The summed E-state index contributed by atoms with van der Waals surface area (Å²) in [6.45, 7) is 19.3. The van der Waals surface area contributed by atoms with Crippen LogP contribution < -0.4 is 0 Å². The highest BCUT2D eigenvalue weighted by Gasteiger charge is 2.31. The zero-order chi connectivity index (χ0) is 42.5. The molecule has 10 heteroatoms. The number of unbranched alkanes of at least 4 members (excludes halogenated alkanes) is 18. The predicted molar refractivity (Wildman–Crippen MR) is 236 cm³/mol. The van der Waals surface area contributed by atoms with E-state index in [4.69, 9.17) is 9.47 Å². The minimum atomic E-state index is -3.99. The average Bonchev–Trinajstić information content (AvgIpc) is 3.08. The third-order valence-electron chi connectivity index (χ3n) is 10.9. The molecule has 0 aliphatic rings. The third-order valence-corrected chi connectivity index (χ3v) is 11.7. The molecule has 0 fully saturated rings. The summed E-state index contributed by atoms with van der Waals surface area (Å²) < 4.78 is 45.1. The van der Waals surface area contributed by atoms with Gasteiger partial charge in [-0.25, -0.2) is 0 Å². The average molecular weight is 818 g/mol. The van der Waals surface area contributed by atoms with Crippen molar-refractivity contribution in [2.45, 2.75) is 222 Å². The van der Waals surface area contributed by atoms with Crippen molar-refractivity contribution in [1.29, 1.82) is 0 Å². The van der Waals surface area contributed by atoms with Gasteiger partial charge in [0.25, 0.3) is 10.1 Å². The second kappa shape index (κ2) is 30.8. The van der Waals surface area contributed by atoms with Crippen molar-refractivity contribution in [3.8, 4) is 0 Å². The van der Waals surface area contributed by atoms with Crippen molar-refractivity contribution < 1.29 is 36.5 Å². The lowest BCUT2D eigenvalue weighted by Gasteiger charge is -2.34. The van der Waals surface area contributed by atoms with E-state index in [0.717, 1.165) is 58.0 Å². The number of hydrogen-bond acceptors (Lipinski definition) is 7. The predicted octanol–water partition coefficient (Wildman–Crippen LogP) is 11.6. The number of nitrogens with zero attached hydrogens (tertiary/aromatic N) is 2. The number of carbonyl (C=O) groups is 2.